The molecule has 0 aromatic carbocycles. The van der Waals surface area contributed by atoms with Crippen LogP contribution in [0.3, 0.4) is 0 Å². The van der Waals surface area contributed by atoms with Crippen molar-refractivity contribution in [2.75, 3.05) is 13.6 Å². The summed E-state index contributed by atoms with van der Waals surface area (Å²) in [5.41, 5.74) is 0. The third kappa shape index (κ3) is 3.67. The largest absolute Gasteiger partial charge is 0.343 e. The van der Waals surface area contributed by atoms with Gasteiger partial charge in [-0.2, -0.15) is 4.98 Å². The Balaban J connectivity index is 2.23. The molecule has 84 valence electrons. The first-order valence-electron chi connectivity index (χ1n) is 4.83. The van der Waals surface area contributed by atoms with Crippen LogP contribution in [0.25, 0.3) is 0 Å². The van der Waals surface area contributed by atoms with Gasteiger partial charge in [0.25, 0.3) is 0 Å². The second-order valence-corrected chi connectivity index (χ2v) is 3.55. The van der Waals surface area contributed by atoms with Crippen molar-refractivity contribution >= 4 is 5.91 Å². The first-order valence-corrected chi connectivity index (χ1v) is 4.83. The van der Waals surface area contributed by atoms with E-state index >= 15 is 0 Å². The molecule has 0 radical (unpaired) electrons. The second-order valence-electron chi connectivity index (χ2n) is 3.55. The van der Waals surface area contributed by atoms with Gasteiger partial charge in [-0.1, -0.05) is 5.16 Å². The minimum absolute atomic E-state index is 0.0495. The summed E-state index contributed by atoms with van der Waals surface area (Å²) < 4.78 is 4.56. The number of hydrogen-bond donors (Lipinski definition) is 1. The van der Waals surface area contributed by atoms with Crippen molar-refractivity contribution in [3.05, 3.63) is 12.2 Å². The number of hydrogen-bond acceptors (Lipinski definition) is 5. The summed E-state index contributed by atoms with van der Waals surface area (Å²) in [7, 11) is 1.78. The maximum Gasteiger partial charge on any atom is 0.236 e. The normalized spacial score (nSPS) is 10.7. The van der Waals surface area contributed by atoms with Gasteiger partial charge in [-0.05, 0) is 13.8 Å². The molecule has 0 unspecified atom stereocenters. The molecule has 15 heavy (non-hydrogen) atoms. The van der Waals surface area contributed by atoms with Gasteiger partial charge in [0.05, 0.1) is 13.1 Å². The van der Waals surface area contributed by atoms with Crippen LogP contribution in [0.1, 0.15) is 19.7 Å². The molecule has 0 spiro atoms. The zero-order valence-corrected chi connectivity index (χ0v) is 9.23. The topological polar surface area (TPSA) is 71.3 Å². The van der Waals surface area contributed by atoms with Crippen LogP contribution in [0.5, 0.6) is 0 Å². The van der Waals surface area contributed by atoms with E-state index in [2.05, 4.69) is 20.0 Å². The molecule has 0 saturated heterocycles. The van der Waals surface area contributed by atoms with E-state index < -0.39 is 0 Å². The minimum Gasteiger partial charge on any atom is -0.343 e. The van der Waals surface area contributed by atoms with Gasteiger partial charge in [-0.25, -0.2) is 0 Å². The van der Waals surface area contributed by atoms with E-state index in [1.165, 1.54) is 6.39 Å². The fraction of sp³-hybridized carbons (Fsp3) is 0.667. The van der Waals surface area contributed by atoms with Crippen LogP contribution in [0, 0.1) is 0 Å². The van der Waals surface area contributed by atoms with Crippen LogP contribution in [-0.4, -0.2) is 40.6 Å². The smallest absolute Gasteiger partial charge is 0.236 e. The summed E-state index contributed by atoms with van der Waals surface area (Å²) in [5.74, 6) is 0.600. The maximum absolute atomic E-state index is 11.5. The van der Waals surface area contributed by atoms with Gasteiger partial charge >= 0.3 is 0 Å². The average molecular weight is 212 g/mol. The van der Waals surface area contributed by atoms with E-state index in [1.54, 1.807) is 11.9 Å². The summed E-state index contributed by atoms with van der Waals surface area (Å²) in [5, 5.41) is 6.57. The highest BCUT2D eigenvalue weighted by atomic mass is 16.5. The van der Waals surface area contributed by atoms with Gasteiger partial charge in [0.1, 0.15) is 0 Å². The monoisotopic (exact) mass is 212 g/mol. The predicted octanol–water partition coefficient (Wildman–Crippen LogP) is 0.0260. The maximum atomic E-state index is 11.5. The van der Waals surface area contributed by atoms with Gasteiger partial charge in [0.2, 0.25) is 12.3 Å². The Morgan fingerprint density at radius 2 is 2.40 bits per heavy atom. The third-order valence-electron chi connectivity index (χ3n) is 2.13. The zero-order valence-electron chi connectivity index (χ0n) is 9.23. The van der Waals surface area contributed by atoms with Crippen molar-refractivity contribution in [1.82, 2.24) is 20.4 Å². The number of rotatable bonds is 5. The predicted molar refractivity (Wildman–Crippen MR) is 53.9 cm³/mol. The molecule has 6 nitrogen and oxygen atoms in total. The molecular formula is C9H16N4O2. The number of carbonyl (C=O) groups excluding carboxylic acids is 1. The Labute approximate surface area is 88.6 Å². The Hall–Kier alpha value is -1.43. The molecule has 1 N–H and O–H groups in total. The molecule has 0 fully saturated rings. The van der Waals surface area contributed by atoms with Crippen molar-refractivity contribution in [2.45, 2.75) is 26.4 Å². The summed E-state index contributed by atoms with van der Waals surface area (Å²) >= 11 is 0. The van der Waals surface area contributed by atoms with Gasteiger partial charge in [0.15, 0.2) is 5.82 Å². The van der Waals surface area contributed by atoms with E-state index in [4.69, 9.17) is 0 Å². The first-order chi connectivity index (χ1) is 7.11. The van der Waals surface area contributed by atoms with Crippen LogP contribution < -0.4 is 5.32 Å². The number of nitrogens with one attached hydrogen (secondary N) is 1. The van der Waals surface area contributed by atoms with E-state index in [-0.39, 0.29) is 18.5 Å². The molecule has 0 bridgehead atoms. The van der Waals surface area contributed by atoms with Crippen molar-refractivity contribution in [2.24, 2.45) is 0 Å². The summed E-state index contributed by atoms with van der Waals surface area (Å²) in [6, 6.07) is 0.212. The Kier molecular flexibility index (Phi) is 4.23. The molecule has 1 aromatic rings. The molecule has 6 heteroatoms. The molecule has 0 aliphatic rings. The summed E-state index contributed by atoms with van der Waals surface area (Å²) in [4.78, 5) is 17.0. The highest BCUT2D eigenvalue weighted by molar-refractivity contribution is 5.78. The number of amides is 1. The van der Waals surface area contributed by atoms with Crippen molar-refractivity contribution in [1.29, 1.82) is 0 Å². The molecule has 1 heterocycles. The Bertz CT molecular complexity index is 297. The second kappa shape index (κ2) is 5.45. The number of nitrogens with zero attached hydrogens (tertiary/aromatic N) is 3. The van der Waals surface area contributed by atoms with Crippen molar-refractivity contribution in [3.63, 3.8) is 0 Å². The highest BCUT2D eigenvalue weighted by Gasteiger charge is 2.11. The SMILES string of the molecule is CC(C)N(C)C(=O)CNCc1ncon1. The molecule has 0 saturated carbocycles. The third-order valence-corrected chi connectivity index (χ3v) is 2.13. The summed E-state index contributed by atoms with van der Waals surface area (Å²) in [6.45, 7) is 4.66. The quantitative estimate of drug-likeness (QED) is 0.745. The molecule has 0 aliphatic carbocycles. The van der Waals surface area contributed by atoms with Crippen LogP contribution in [0.2, 0.25) is 0 Å². The number of aromatic nitrogens is 2. The van der Waals surface area contributed by atoms with Gasteiger partial charge in [-0.15, -0.1) is 0 Å². The molecule has 1 aromatic heterocycles. The lowest BCUT2D eigenvalue weighted by molar-refractivity contribution is -0.130. The lowest BCUT2D eigenvalue weighted by Crippen LogP contribution is -2.39. The van der Waals surface area contributed by atoms with Gasteiger partial charge in [-0.3, -0.25) is 4.79 Å². The van der Waals surface area contributed by atoms with Crippen molar-refractivity contribution in [3.8, 4) is 0 Å². The molecule has 0 aliphatic heterocycles. The highest BCUT2D eigenvalue weighted by Crippen LogP contribution is 1.93. The molecular weight excluding hydrogens is 196 g/mol. The zero-order chi connectivity index (χ0) is 11.3. The van der Waals surface area contributed by atoms with E-state index in [0.717, 1.165) is 0 Å². The van der Waals surface area contributed by atoms with E-state index in [0.29, 0.717) is 12.4 Å². The lowest BCUT2D eigenvalue weighted by Gasteiger charge is -2.21. The lowest BCUT2D eigenvalue weighted by atomic mass is 10.3. The van der Waals surface area contributed by atoms with Gasteiger partial charge in [0, 0.05) is 13.1 Å². The summed E-state index contributed by atoms with van der Waals surface area (Å²) in [6.07, 6.45) is 1.26. The fourth-order valence-corrected chi connectivity index (χ4v) is 0.964. The minimum atomic E-state index is 0.0495. The number of likely N-dealkylation sites (N-methyl/N-ethyl adjacent to an activating group) is 1. The standard InChI is InChI=1S/C9H16N4O2/c1-7(2)13(3)9(14)5-10-4-8-11-6-15-12-8/h6-7,10H,4-5H2,1-3H3. The molecule has 1 rings (SSSR count). The van der Waals surface area contributed by atoms with Gasteiger partial charge < -0.3 is 14.7 Å². The van der Waals surface area contributed by atoms with Crippen LogP contribution in [-0.2, 0) is 11.3 Å². The van der Waals surface area contributed by atoms with Crippen LogP contribution in [0.15, 0.2) is 10.9 Å². The average Bonchev–Trinajstić information content (AvgIpc) is 2.69. The number of carbonyl (C=O) groups is 1. The van der Waals surface area contributed by atoms with E-state index in [1.807, 2.05) is 13.8 Å². The Morgan fingerprint density at radius 1 is 1.67 bits per heavy atom. The fourth-order valence-electron chi connectivity index (χ4n) is 0.964. The van der Waals surface area contributed by atoms with Crippen molar-refractivity contribution < 1.29 is 9.32 Å². The Morgan fingerprint density at radius 3 is 2.93 bits per heavy atom. The van der Waals surface area contributed by atoms with Crippen LogP contribution in [0.4, 0.5) is 0 Å². The molecule has 1 amide bonds. The molecule has 0 atom stereocenters. The first kappa shape index (κ1) is 11.6. The van der Waals surface area contributed by atoms with E-state index in [9.17, 15) is 4.79 Å². The van der Waals surface area contributed by atoms with Crippen LogP contribution >= 0.6 is 0 Å².